The Balaban J connectivity index is 1.37. The maximum Gasteiger partial charge on any atom is 0.226 e. The number of nitrogens with one attached hydrogen (secondary N) is 2. The zero-order valence-electron chi connectivity index (χ0n) is 17.7. The first-order valence-electron chi connectivity index (χ1n) is 9.85. The first-order chi connectivity index (χ1) is 15.4. The Morgan fingerprint density at radius 1 is 1.12 bits per heavy atom. The van der Waals surface area contributed by atoms with E-state index in [4.69, 9.17) is 11.6 Å². The third-order valence-corrected chi connectivity index (χ3v) is 6.50. The van der Waals surface area contributed by atoms with Crippen LogP contribution in [0.3, 0.4) is 0 Å². The molecule has 0 aliphatic rings. The van der Waals surface area contributed by atoms with Crippen molar-refractivity contribution < 1.29 is 9.59 Å². The van der Waals surface area contributed by atoms with Crippen LogP contribution in [0.15, 0.2) is 41.0 Å². The Labute approximate surface area is 199 Å². The van der Waals surface area contributed by atoms with Gasteiger partial charge >= 0.3 is 0 Å². The summed E-state index contributed by atoms with van der Waals surface area (Å²) in [4.78, 5) is 26.3. The molecule has 0 bridgehead atoms. The number of hydrogen-bond donors (Lipinski definition) is 2. The summed E-state index contributed by atoms with van der Waals surface area (Å²) in [6.07, 6.45) is 3.48. The van der Waals surface area contributed by atoms with Gasteiger partial charge < -0.3 is 15.5 Å². The minimum Gasteiger partial charge on any atom is -0.323 e. The molecule has 0 atom stereocenters. The van der Waals surface area contributed by atoms with Crippen LogP contribution >= 0.6 is 34.7 Å². The first kappa shape index (κ1) is 24.2. The van der Waals surface area contributed by atoms with Crippen LogP contribution in [0.4, 0.5) is 10.8 Å². The minimum atomic E-state index is -0.285. The number of nitrogens with zero attached hydrogens (tertiary/aromatic N) is 5. The molecule has 0 aliphatic heterocycles. The van der Waals surface area contributed by atoms with E-state index in [1.54, 1.807) is 17.1 Å². The van der Waals surface area contributed by atoms with Gasteiger partial charge in [-0.1, -0.05) is 46.8 Å². The largest absolute Gasteiger partial charge is 0.323 e. The zero-order valence-corrected chi connectivity index (χ0v) is 20.1. The molecule has 32 heavy (non-hydrogen) atoms. The Morgan fingerprint density at radius 3 is 2.56 bits per heavy atom. The fourth-order valence-corrected chi connectivity index (χ4v) is 4.38. The highest BCUT2D eigenvalue weighted by Crippen LogP contribution is 2.28. The number of aromatic nitrogens is 4. The van der Waals surface area contributed by atoms with Crippen molar-refractivity contribution in [2.75, 3.05) is 31.3 Å². The van der Waals surface area contributed by atoms with E-state index in [1.165, 1.54) is 23.1 Å². The normalized spacial score (nSPS) is 11.0. The van der Waals surface area contributed by atoms with Gasteiger partial charge in [-0.15, -0.1) is 10.2 Å². The summed E-state index contributed by atoms with van der Waals surface area (Å²) >= 11 is 8.72. The number of halogens is 1. The van der Waals surface area contributed by atoms with Gasteiger partial charge in [-0.25, -0.2) is 0 Å². The number of amides is 2. The number of carbonyl (C=O) groups excluding carboxylic acids is 2. The third kappa shape index (κ3) is 8.23. The van der Waals surface area contributed by atoms with Crippen LogP contribution in [0.25, 0.3) is 0 Å². The maximum absolute atomic E-state index is 12.2. The second-order valence-electron chi connectivity index (χ2n) is 7.18. The van der Waals surface area contributed by atoms with E-state index in [9.17, 15) is 9.59 Å². The topological polar surface area (TPSA) is 105 Å². The molecular formula is C20H24ClN7O2S2. The Bertz CT molecular complexity index is 1040. The van der Waals surface area contributed by atoms with E-state index >= 15 is 0 Å². The molecule has 0 spiro atoms. The summed E-state index contributed by atoms with van der Waals surface area (Å²) in [6, 6.07) is 7.60. The van der Waals surface area contributed by atoms with Crippen molar-refractivity contribution in [2.24, 2.45) is 0 Å². The average molecular weight is 494 g/mol. The molecule has 0 aliphatic carbocycles. The summed E-state index contributed by atoms with van der Waals surface area (Å²) in [6.45, 7) is 1.58. The van der Waals surface area contributed by atoms with Gasteiger partial charge in [0.05, 0.1) is 18.4 Å². The molecule has 0 fully saturated rings. The molecule has 9 nitrogen and oxygen atoms in total. The molecule has 0 saturated heterocycles. The maximum atomic E-state index is 12.2. The third-order valence-electron chi connectivity index (χ3n) is 4.20. The molecule has 2 aromatic heterocycles. The van der Waals surface area contributed by atoms with Gasteiger partial charge in [0.2, 0.25) is 16.9 Å². The molecule has 3 rings (SSSR count). The van der Waals surface area contributed by atoms with E-state index in [0.717, 1.165) is 28.7 Å². The molecule has 2 N–H and O–H groups in total. The Kier molecular flexibility index (Phi) is 9.03. The standard InChI is InChI=1S/C20H24ClN7O2S2/c1-27(2)9-10-28-12-16(11-22-28)23-17(29)7-8-18(30)24-19-25-26-20(32-19)31-13-14-3-5-15(21)6-4-14/h3-6,11-12H,7-10,13H2,1-2H3,(H,23,29)(H,24,25,30). The van der Waals surface area contributed by atoms with Crippen LogP contribution in [0.1, 0.15) is 18.4 Å². The van der Waals surface area contributed by atoms with Crippen molar-refractivity contribution in [1.82, 2.24) is 24.9 Å². The van der Waals surface area contributed by atoms with Gasteiger partial charge in [-0.3, -0.25) is 14.3 Å². The van der Waals surface area contributed by atoms with E-state index < -0.39 is 0 Å². The lowest BCUT2D eigenvalue weighted by molar-refractivity contribution is -0.121. The highest BCUT2D eigenvalue weighted by atomic mass is 35.5. The fourth-order valence-electron chi connectivity index (χ4n) is 2.53. The van der Waals surface area contributed by atoms with E-state index in [2.05, 4.69) is 30.8 Å². The van der Waals surface area contributed by atoms with Crippen molar-refractivity contribution in [2.45, 2.75) is 29.5 Å². The lowest BCUT2D eigenvalue weighted by atomic mass is 10.2. The van der Waals surface area contributed by atoms with Gasteiger partial charge in [-0.05, 0) is 31.8 Å². The van der Waals surface area contributed by atoms with Crippen molar-refractivity contribution >= 4 is 57.3 Å². The van der Waals surface area contributed by atoms with Crippen LogP contribution in [0, 0.1) is 0 Å². The predicted molar refractivity (Wildman–Crippen MR) is 128 cm³/mol. The molecular weight excluding hydrogens is 470 g/mol. The second-order valence-corrected chi connectivity index (χ2v) is 9.82. The van der Waals surface area contributed by atoms with Crippen molar-refractivity contribution in [3.63, 3.8) is 0 Å². The van der Waals surface area contributed by atoms with Gasteiger partial charge in [0, 0.05) is 36.4 Å². The van der Waals surface area contributed by atoms with E-state index in [0.29, 0.717) is 15.8 Å². The lowest BCUT2D eigenvalue weighted by Gasteiger charge is -2.08. The minimum absolute atomic E-state index is 0.0490. The number of anilines is 2. The number of carbonyl (C=O) groups is 2. The zero-order chi connectivity index (χ0) is 22.9. The monoisotopic (exact) mass is 493 g/mol. The van der Waals surface area contributed by atoms with E-state index in [-0.39, 0.29) is 24.7 Å². The van der Waals surface area contributed by atoms with Crippen LogP contribution in [0.2, 0.25) is 5.02 Å². The summed E-state index contributed by atoms with van der Waals surface area (Å²) in [5.74, 6) is 0.196. The van der Waals surface area contributed by atoms with Gasteiger partial charge in [0.25, 0.3) is 0 Å². The van der Waals surface area contributed by atoms with Crippen LogP contribution in [-0.2, 0) is 21.9 Å². The second kappa shape index (κ2) is 12.0. The van der Waals surface area contributed by atoms with E-state index in [1.807, 2.05) is 38.4 Å². The molecule has 2 heterocycles. The smallest absolute Gasteiger partial charge is 0.226 e. The van der Waals surface area contributed by atoms with Crippen LogP contribution in [-0.4, -0.2) is 57.3 Å². The number of benzene rings is 1. The van der Waals surface area contributed by atoms with Crippen LogP contribution in [0.5, 0.6) is 0 Å². The fraction of sp³-hybridized carbons (Fsp3) is 0.350. The number of thioether (sulfide) groups is 1. The molecule has 0 saturated carbocycles. The van der Waals surface area contributed by atoms with Gasteiger partial charge in [0.15, 0.2) is 4.34 Å². The van der Waals surface area contributed by atoms with Gasteiger partial charge in [-0.2, -0.15) is 5.10 Å². The Hall–Kier alpha value is -2.47. The lowest BCUT2D eigenvalue weighted by Crippen LogP contribution is -2.18. The molecule has 0 radical (unpaired) electrons. The van der Waals surface area contributed by atoms with Crippen molar-refractivity contribution in [1.29, 1.82) is 0 Å². The van der Waals surface area contributed by atoms with Gasteiger partial charge in [0.1, 0.15) is 0 Å². The molecule has 2 amide bonds. The highest BCUT2D eigenvalue weighted by Gasteiger charge is 2.12. The summed E-state index contributed by atoms with van der Waals surface area (Å²) in [7, 11) is 3.97. The highest BCUT2D eigenvalue weighted by molar-refractivity contribution is 8.00. The molecule has 0 unspecified atom stereocenters. The summed E-state index contributed by atoms with van der Waals surface area (Å²) in [5.41, 5.74) is 1.73. The number of rotatable bonds is 11. The Morgan fingerprint density at radius 2 is 1.84 bits per heavy atom. The summed E-state index contributed by atoms with van der Waals surface area (Å²) in [5, 5.41) is 18.8. The summed E-state index contributed by atoms with van der Waals surface area (Å²) < 4.78 is 2.51. The quantitative estimate of drug-likeness (QED) is 0.310. The molecule has 1 aromatic carbocycles. The number of likely N-dealkylation sites (N-methyl/N-ethyl adjacent to an activating group) is 1. The predicted octanol–water partition coefficient (Wildman–Crippen LogP) is 3.60. The number of hydrogen-bond acceptors (Lipinski definition) is 8. The van der Waals surface area contributed by atoms with Crippen molar-refractivity contribution in [3.05, 3.63) is 47.2 Å². The molecule has 12 heteroatoms. The van der Waals surface area contributed by atoms with Crippen molar-refractivity contribution in [3.8, 4) is 0 Å². The first-order valence-corrected chi connectivity index (χ1v) is 12.0. The average Bonchev–Trinajstić information content (AvgIpc) is 3.39. The van der Waals surface area contributed by atoms with Crippen LogP contribution < -0.4 is 10.6 Å². The molecule has 3 aromatic rings. The molecule has 170 valence electrons. The SMILES string of the molecule is CN(C)CCn1cc(NC(=O)CCC(=O)Nc2nnc(SCc3ccc(Cl)cc3)s2)cn1.